The summed E-state index contributed by atoms with van der Waals surface area (Å²) in [6, 6.07) is 4.40. The van der Waals surface area contributed by atoms with E-state index in [1.165, 1.54) is 4.90 Å². The molecule has 0 aliphatic carbocycles. The fourth-order valence-corrected chi connectivity index (χ4v) is 3.72. The van der Waals surface area contributed by atoms with Gasteiger partial charge in [-0.05, 0) is 38.5 Å². The molecular weight excluding hydrogens is 445 g/mol. The van der Waals surface area contributed by atoms with Gasteiger partial charge in [0.1, 0.15) is 11.4 Å². The van der Waals surface area contributed by atoms with E-state index in [-0.39, 0.29) is 29.9 Å². The highest BCUT2D eigenvalue weighted by Crippen LogP contribution is 2.37. The number of alkyl halides is 3. The number of rotatable bonds is 6. The monoisotopic (exact) mass is 464 g/mol. The number of amides is 1. The van der Waals surface area contributed by atoms with E-state index < -0.39 is 11.7 Å². The summed E-state index contributed by atoms with van der Waals surface area (Å²) in [5, 5.41) is 3.21. The van der Waals surface area contributed by atoms with Gasteiger partial charge in [0.2, 0.25) is 11.0 Å². The van der Waals surface area contributed by atoms with Crippen LogP contribution in [0.15, 0.2) is 30.6 Å². The first-order valence-corrected chi connectivity index (χ1v) is 10.6. The van der Waals surface area contributed by atoms with Crippen LogP contribution in [0.25, 0.3) is 11.5 Å². The fraction of sp³-hybridized carbons (Fsp3) is 0.350. The first-order chi connectivity index (χ1) is 15.2. The van der Waals surface area contributed by atoms with Gasteiger partial charge in [-0.3, -0.25) is 4.79 Å². The summed E-state index contributed by atoms with van der Waals surface area (Å²) >= 11 is 1.01. The standard InChI is InChI=1S/C20H19F3N6O2S/c1-11(2)31-13-5-6-14(24-10-13)17-26-19(32-28-17)27-18-15(29-7-3-4-16(29)30)8-12(9-25-18)20(21,22)23/h5-6,8-11H,3-4,7H2,1-2H3,(H,25,26,27,28). The van der Waals surface area contributed by atoms with Gasteiger partial charge in [0.05, 0.1) is 23.6 Å². The Kier molecular flexibility index (Phi) is 5.96. The normalized spacial score (nSPS) is 14.3. The summed E-state index contributed by atoms with van der Waals surface area (Å²) in [6.07, 6.45) is -1.42. The van der Waals surface area contributed by atoms with Crippen LogP contribution < -0.4 is 15.0 Å². The smallest absolute Gasteiger partial charge is 0.417 e. The number of hydrogen-bond acceptors (Lipinski definition) is 8. The Morgan fingerprint density at radius 1 is 1.22 bits per heavy atom. The van der Waals surface area contributed by atoms with Crippen molar-refractivity contribution in [2.75, 3.05) is 16.8 Å². The molecule has 0 spiro atoms. The van der Waals surface area contributed by atoms with E-state index in [1.54, 1.807) is 18.3 Å². The van der Waals surface area contributed by atoms with Gasteiger partial charge in [0, 0.05) is 30.7 Å². The van der Waals surface area contributed by atoms with Crippen LogP contribution in [0.2, 0.25) is 0 Å². The SMILES string of the molecule is CC(C)Oc1ccc(-c2nsc(Nc3ncc(C(F)(F)F)cc3N3CCCC3=O)n2)nc1. The van der Waals surface area contributed by atoms with Crippen molar-refractivity contribution in [3.8, 4) is 17.3 Å². The van der Waals surface area contributed by atoms with E-state index in [0.717, 1.165) is 23.8 Å². The van der Waals surface area contributed by atoms with Crippen molar-refractivity contribution in [1.29, 1.82) is 0 Å². The molecule has 168 valence electrons. The Morgan fingerprint density at radius 2 is 2.03 bits per heavy atom. The Hall–Kier alpha value is -3.28. The lowest BCUT2D eigenvalue weighted by Crippen LogP contribution is -2.25. The molecule has 32 heavy (non-hydrogen) atoms. The lowest BCUT2D eigenvalue weighted by molar-refractivity contribution is -0.137. The molecule has 0 bridgehead atoms. The Balaban J connectivity index is 1.59. The molecule has 0 atom stereocenters. The zero-order chi connectivity index (χ0) is 22.9. The Labute approximate surface area is 185 Å². The van der Waals surface area contributed by atoms with E-state index >= 15 is 0 Å². The summed E-state index contributed by atoms with van der Waals surface area (Å²) in [5.74, 6) is 0.815. The van der Waals surface area contributed by atoms with Crippen LogP contribution in [0.4, 0.5) is 29.8 Å². The van der Waals surface area contributed by atoms with Gasteiger partial charge in [-0.1, -0.05) is 0 Å². The minimum absolute atomic E-state index is 0.0174. The van der Waals surface area contributed by atoms with Gasteiger partial charge in [-0.15, -0.1) is 0 Å². The molecule has 1 fully saturated rings. The molecule has 0 radical (unpaired) electrons. The second-order valence-corrected chi connectivity index (χ2v) is 8.08. The van der Waals surface area contributed by atoms with E-state index in [1.807, 2.05) is 13.8 Å². The second-order valence-electron chi connectivity index (χ2n) is 7.33. The molecule has 1 aliphatic heterocycles. The minimum Gasteiger partial charge on any atom is -0.489 e. The third-order valence-corrected chi connectivity index (χ3v) is 5.18. The molecular formula is C20H19F3N6O2S. The molecule has 0 aromatic carbocycles. The van der Waals surface area contributed by atoms with Crippen LogP contribution in [0.5, 0.6) is 5.75 Å². The van der Waals surface area contributed by atoms with Crippen LogP contribution >= 0.6 is 11.5 Å². The van der Waals surface area contributed by atoms with Crippen molar-refractivity contribution in [3.05, 3.63) is 36.2 Å². The molecule has 3 aromatic heterocycles. The lowest BCUT2D eigenvalue weighted by Gasteiger charge is -2.20. The number of pyridine rings is 2. The number of anilines is 3. The van der Waals surface area contributed by atoms with Crippen molar-refractivity contribution in [3.63, 3.8) is 0 Å². The van der Waals surface area contributed by atoms with Gasteiger partial charge in [-0.2, -0.15) is 22.5 Å². The third-order valence-electron chi connectivity index (χ3n) is 4.55. The van der Waals surface area contributed by atoms with E-state index in [9.17, 15) is 18.0 Å². The highest BCUT2D eigenvalue weighted by molar-refractivity contribution is 7.09. The molecule has 1 aliphatic rings. The number of ether oxygens (including phenoxy) is 1. The van der Waals surface area contributed by atoms with E-state index in [2.05, 4.69) is 24.6 Å². The molecule has 4 heterocycles. The van der Waals surface area contributed by atoms with Crippen molar-refractivity contribution >= 4 is 34.1 Å². The summed E-state index contributed by atoms with van der Waals surface area (Å²) in [4.78, 5) is 26.0. The molecule has 1 N–H and O–H groups in total. The molecule has 4 rings (SSSR count). The van der Waals surface area contributed by atoms with E-state index in [4.69, 9.17) is 4.74 Å². The van der Waals surface area contributed by atoms with Crippen LogP contribution in [0, 0.1) is 0 Å². The Bertz CT molecular complexity index is 1120. The average molecular weight is 464 g/mol. The van der Waals surface area contributed by atoms with Gasteiger partial charge in [0.25, 0.3) is 0 Å². The van der Waals surface area contributed by atoms with Gasteiger partial charge in [0.15, 0.2) is 11.6 Å². The number of halogens is 3. The quantitative estimate of drug-likeness (QED) is 0.567. The summed E-state index contributed by atoms with van der Waals surface area (Å²) in [6.45, 7) is 4.15. The number of hydrogen-bond donors (Lipinski definition) is 1. The predicted molar refractivity (Wildman–Crippen MR) is 113 cm³/mol. The first kappa shape index (κ1) is 21.9. The highest BCUT2D eigenvalue weighted by Gasteiger charge is 2.34. The molecule has 0 saturated carbocycles. The number of nitrogens with one attached hydrogen (secondary N) is 1. The van der Waals surface area contributed by atoms with Crippen LogP contribution in [0.1, 0.15) is 32.3 Å². The average Bonchev–Trinajstić information content (AvgIpc) is 3.37. The first-order valence-electron chi connectivity index (χ1n) is 9.82. The zero-order valence-electron chi connectivity index (χ0n) is 17.2. The highest BCUT2D eigenvalue weighted by atomic mass is 32.1. The molecule has 0 unspecified atom stereocenters. The lowest BCUT2D eigenvalue weighted by atomic mass is 10.2. The predicted octanol–water partition coefficient (Wildman–Crippen LogP) is 4.67. The van der Waals surface area contributed by atoms with Crippen molar-refractivity contribution in [2.24, 2.45) is 0 Å². The van der Waals surface area contributed by atoms with Gasteiger partial charge < -0.3 is 15.0 Å². The maximum atomic E-state index is 13.2. The van der Waals surface area contributed by atoms with Gasteiger partial charge >= 0.3 is 6.18 Å². The zero-order valence-corrected chi connectivity index (χ0v) is 18.0. The molecule has 1 saturated heterocycles. The van der Waals surface area contributed by atoms with Gasteiger partial charge in [-0.25, -0.2) is 9.97 Å². The minimum atomic E-state index is -4.57. The van der Waals surface area contributed by atoms with Crippen molar-refractivity contribution in [1.82, 2.24) is 19.3 Å². The molecule has 1 amide bonds. The van der Waals surface area contributed by atoms with Crippen LogP contribution in [-0.2, 0) is 11.0 Å². The molecule has 8 nitrogen and oxygen atoms in total. The maximum absolute atomic E-state index is 13.2. The number of carbonyl (C=O) groups excluding carboxylic acids is 1. The topological polar surface area (TPSA) is 93.1 Å². The number of aromatic nitrogens is 4. The largest absolute Gasteiger partial charge is 0.489 e. The summed E-state index contributed by atoms with van der Waals surface area (Å²) in [5.41, 5.74) is -0.350. The fourth-order valence-electron chi connectivity index (χ4n) is 3.15. The third kappa shape index (κ3) is 4.79. The van der Waals surface area contributed by atoms with Crippen molar-refractivity contribution in [2.45, 2.75) is 39.0 Å². The van der Waals surface area contributed by atoms with Crippen molar-refractivity contribution < 1.29 is 22.7 Å². The second kappa shape index (κ2) is 8.69. The van der Waals surface area contributed by atoms with E-state index in [0.29, 0.717) is 35.4 Å². The van der Waals surface area contributed by atoms with Crippen LogP contribution in [0.3, 0.4) is 0 Å². The summed E-state index contributed by atoms with van der Waals surface area (Å²) < 4.78 is 49.4. The van der Waals surface area contributed by atoms with Crippen LogP contribution in [-0.4, -0.2) is 37.9 Å². The number of nitrogens with zero attached hydrogens (tertiary/aromatic N) is 5. The summed E-state index contributed by atoms with van der Waals surface area (Å²) in [7, 11) is 0. The Morgan fingerprint density at radius 3 is 2.66 bits per heavy atom. The molecule has 3 aromatic rings. The molecule has 12 heteroatoms. The number of carbonyl (C=O) groups is 1. The maximum Gasteiger partial charge on any atom is 0.417 e.